The largest absolute Gasteiger partial charge is 0.380 e. The Morgan fingerprint density at radius 3 is 1.47 bits per heavy atom. The molecule has 8 bridgehead atoms. The molecule has 7 aliphatic heterocycles. The molecule has 1 atom stereocenters. The third-order valence-electron chi connectivity index (χ3n) is 16.4. The average molecular weight is 841 g/mol. The highest BCUT2D eigenvalue weighted by atomic mass is 15.3. The molecule has 7 aliphatic rings. The SMILES string of the molecule is CN1CC23CN(C)CC2(C1)/C1=C(\c2ccccc2)c2ccc([nH]2)/C(c2ccccc2)=C2\NC(/C(c4ccccc4)=c4/cc/c([nH]4)=C(\c4ccccc4)C3=N1)C13CN(C)CC21CN(C)C3. The molecule has 0 aliphatic carbocycles. The molecule has 2 aromatic heterocycles. The molecule has 3 N–H and O–H groups in total. The van der Waals surface area contributed by atoms with Gasteiger partial charge in [-0.2, -0.15) is 0 Å². The van der Waals surface area contributed by atoms with Gasteiger partial charge in [0.15, 0.2) is 0 Å². The molecule has 5 saturated heterocycles. The van der Waals surface area contributed by atoms with E-state index in [1.54, 1.807) is 0 Å². The Bertz CT molecular complexity index is 3040. The van der Waals surface area contributed by atoms with Crippen LogP contribution in [0.1, 0.15) is 33.6 Å². The third-order valence-corrected chi connectivity index (χ3v) is 16.4. The van der Waals surface area contributed by atoms with Gasteiger partial charge in [0.05, 0.1) is 28.3 Å². The van der Waals surface area contributed by atoms with Crippen LogP contribution in [0.3, 0.4) is 0 Å². The predicted octanol–water partition coefficient (Wildman–Crippen LogP) is 6.13. The minimum absolute atomic E-state index is 0.0148. The summed E-state index contributed by atoms with van der Waals surface area (Å²) in [7, 11) is 9.33. The topological polar surface area (TPSA) is 68.9 Å². The number of aromatic nitrogens is 2. The fourth-order valence-corrected chi connectivity index (χ4v) is 14.6. The molecule has 0 radical (unpaired) electrons. The molecule has 6 aromatic rings. The van der Waals surface area contributed by atoms with Gasteiger partial charge >= 0.3 is 0 Å². The van der Waals surface area contributed by atoms with Crippen molar-refractivity contribution in [2.24, 2.45) is 26.7 Å². The standard InChI is InChI=1S/C56H56N8/c1-61-29-53-31-62(2)32-54(53,30-61)50-46(38-19-11-6-12-20-38)42-26-28-44(58-42)48(40-23-15-8-16-24-40)52-56-34-63(3)33-55(56,35-64(4)36-56)51(60-52)47(39-21-13-7-14-22-39)43-27-25-41(57-43)45(49(53)59-50)37-17-9-5-10-18-37/h5-28,49,57-59H,29-36H2,1-4H3/b45-41-,47-43-,50-46-,52-48-. The summed E-state index contributed by atoms with van der Waals surface area (Å²) in [6.45, 7) is 7.69. The minimum atomic E-state index is -0.240. The molecule has 13 rings (SSSR count). The van der Waals surface area contributed by atoms with Crippen molar-refractivity contribution in [3.63, 3.8) is 0 Å². The van der Waals surface area contributed by atoms with E-state index in [2.05, 4.69) is 209 Å². The van der Waals surface area contributed by atoms with E-state index >= 15 is 0 Å². The number of likely N-dealkylation sites (tertiary alicyclic amines) is 4. The molecule has 5 fully saturated rings. The number of nitrogens with zero attached hydrogens (tertiary/aromatic N) is 5. The Kier molecular flexibility index (Phi) is 8.25. The molecule has 0 amide bonds. The van der Waals surface area contributed by atoms with Gasteiger partial charge < -0.3 is 34.9 Å². The van der Waals surface area contributed by atoms with Gasteiger partial charge in [-0.25, -0.2) is 0 Å². The van der Waals surface area contributed by atoms with Gasteiger partial charge in [-0.3, -0.25) is 4.99 Å². The summed E-state index contributed by atoms with van der Waals surface area (Å²) in [4.78, 5) is 24.9. The van der Waals surface area contributed by atoms with Crippen molar-refractivity contribution in [2.75, 3.05) is 80.5 Å². The van der Waals surface area contributed by atoms with Crippen LogP contribution in [0.2, 0.25) is 0 Å². The third kappa shape index (κ3) is 5.11. The molecule has 1 unspecified atom stereocenters. The molecule has 0 spiro atoms. The van der Waals surface area contributed by atoms with Crippen LogP contribution in [0.4, 0.5) is 0 Å². The molecule has 64 heavy (non-hydrogen) atoms. The van der Waals surface area contributed by atoms with Gasteiger partial charge in [0.1, 0.15) is 0 Å². The Hall–Kier alpha value is -6.03. The molecule has 4 aromatic carbocycles. The van der Waals surface area contributed by atoms with Crippen molar-refractivity contribution in [3.8, 4) is 0 Å². The lowest BCUT2D eigenvalue weighted by Crippen LogP contribution is -2.48. The van der Waals surface area contributed by atoms with Crippen molar-refractivity contribution in [3.05, 3.63) is 201 Å². The first-order chi connectivity index (χ1) is 31.2. The van der Waals surface area contributed by atoms with Crippen molar-refractivity contribution in [1.29, 1.82) is 0 Å². The van der Waals surface area contributed by atoms with Gasteiger partial charge in [0.2, 0.25) is 0 Å². The van der Waals surface area contributed by atoms with Crippen molar-refractivity contribution >= 4 is 28.0 Å². The maximum absolute atomic E-state index is 6.15. The summed E-state index contributed by atoms with van der Waals surface area (Å²) >= 11 is 0. The molecule has 9 heterocycles. The second-order valence-corrected chi connectivity index (χ2v) is 20.4. The minimum Gasteiger partial charge on any atom is -0.380 e. The number of rotatable bonds is 4. The number of hydrogen-bond donors (Lipinski definition) is 3. The van der Waals surface area contributed by atoms with E-state index in [0.29, 0.717) is 0 Å². The quantitative estimate of drug-likeness (QED) is 0.200. The highest BCUT2D eigenvalue weighted by molar-refractivity contribution is 6.28. The zero-order valence-electron chi connectivity index (χ0n) is 37.3. The number of aliphatic imine (C=N–C) groups is 1. The lowest BCUT2D eigenvalue weighted by Gasteiger charge is -2.36. The summed E-state index contributed by atoms with van der Waals surface area (Å²) in [5.41, 5.74) is 15.1. The monoisotopic (exact) mass is 840 g/mol. The number of H-pyrrole nitrogens is 2. The van der Waals surface area contributed by atoms with Crippen LogP contribution in [0.5, 0.6) is 0 Å². The van der Waals surface area contributed by atoms with E-state index < -0.39 is 0 Å². The Morgan fingerprint density at radius 1 is 0.438 bits per heavy atom. The van der Waals surface area contributed by atoms with Gasteiger partial charge in [0.25, 0.3) is 0 Å². The van der Waals surface area contributed by atoms with Crippen LogP contribution in [-0.2, 0) is 0 Å². The summed E-state index contributed by atoms with van der Waals surface area (Å²) < 4.78 is 0. The van der Waals surface area contributed by atoms with E-state index in [9.17, 15) is 0 Å². The number of hydrogen-bond acceptors (Lipinski definition) is 6. The number of aromatic amines is 2. The van der Waals surface area contributed by atoms with Crippen LogP contribution in [0, 0.1) is 21.7 Å². The number of nitrogens with one attached hydrogen (secondary N) is 3. The number of benzene rings is 4. The first kappa shape index (κ1) is 38.4. The maximum Gasteiger partial charge on any atom is 0.0628 e. The lowest BCUT2D eigenvalue weighted by atomic mass is 9.63. The van der Waals surface area contributed by atoms with Gasteiger partial charge in [-0.1, -0.05) is 121 Å². The first-order valence-corrected chi connectivity index (χ1v) is 23.2. The highest BCUT2D eigenvalue weighted by Gasteiger charge is 2.72. The smallest absolute Gasteiger partial charge is 0.0628 e. The van der Waals surface area contributed by atoms with Gasteiger partial charge in [-0.05, 0) is 74.7 Å². The predicted molar refractivity (Wildman–Crippen MR) is 258 cm³/mol. The summed E-state index contributed by atoms with van der Waals surface area (Å²) in [6, 6.07) is 54.0. The van der Waals surface area contributed by atoms with E-state index in [4.69, 9.17) is 4.99 Å². The fourth-order valence-electron chi connectivity index (χ4n) is 14.6. The van der Waals surface area contributed by atoms with Crippen LogP contribution >= 0.6 is 0 Å². The number of fused-ring (bicyclic) bond motifs is 7. The lowest BCUT2D eigenvalue weighted by molar-refractivity contribution is 0.221. The summed E-state index contributed by atoms with van der Waals surface area (Å²) in [6.07, 6.45) is 0. The van der Waals surface area contributed by atoms with Gasteiger partial charge in [-0.15, -0.1) is 0 Å². The zero-order valence-corrected chi connectivity index (χ0v) is 37.3. The summed E-state index contributed by atoms with van der Waals surface area (Å²) in [5.74, 6) is 0. The van der Waals surface area contributed by atoms with Crippen LogP contribution in [0.15, 0.2) is 162 Å². The van der Waals surface area contributed by atoms with Crippen LogP contribution in [-0.4, -0.2) is 122 Å². The Balaban J connectivity index is 1.23. The van der Waals surface area contributed by atoms with Crippen molar-refractivity contribution in [2.45, 2.75) is 6.04 Å². The van der Waals surface area contributed by atoms with E-state index in [1.807, 2.05) is 0 Å². The van der Waals surface area contributed by atoms with E-state index in [0.717, 1.165) is 74.4 Å². The zero-order chi connectivity index (χ0) is 43.0. The summed E-state index contributed by atoms with van der Waals surface area (Å²) in [5, 5.41) is 6.75. The van der Waals surface area contributed by atoms with E-state index in [1.165, 1.54) is 61.7 Å². The van der Waals surface area contributed by atoms with Crippen molar-refractivity contribution < 1.29 is 0 Å². The van der Waals surface area contributed by atoms with E-state index in [-0.39, 0.29) is 27.7 Å². The maximum atomic E-state index is 6.15. The highest BCUT2D eigenvalue weighted by Crippen LogP contribution is 2.65. The molecule has 0 saturated carbocycles. The average Bonchev–Trinajstić information content (AvgIpc) is 4.17. The Labute approximate surface area is 376 Å². The molecule has 8 nitrogen and oxygen atoms in total. The van der Waals surface area contributed by atoms with Gasteiger partial charge in [0, 0.05) is 113 Å². The second-order valence-electron chi connectivity index (χ2n) is 20.4. The Morgan fingerprint density at radius 2 is 0.891 bits per heavy atom. The first-order valence-electron chi connectivity index (χ1n) is 23.2. The van der Waals surface area contributed by atoms with Crippen LogP contribution < -0.4 is 16.0 Å². The van der Waals surface area contributed by atoms with Crippen molar-refractivity contribution in [1.82, 2.24) is 34.9 Å². The molecule has 8 heteroatoms. The fraction of sp³-hybridized carbons (Fsp3) is 0.304. The second kappa shape index (κ2) is 13.7. The normalized spacial score (nSPS) is 34.1. The molecular formula is C56H56N8. The van der Waals surface area contributed by atoms with Crippen LogP contribution in [0.25, 0.3) is 22.3 Å². The molecule has 320 valence electrons. The molecular weight excluding hydrogens is 785 g/mol.